The number of aryl methyl sites for hydroxylation is 1. The Hall–Kier alpha value is -3.39. The summed E-state index contributed by atoms with van der Waals surface area (Å²) >= 11 is 0. The van der Waals surface area contributed by atoms with Crippen molar-refractivity contribution < 1.29 is 9.47 Å². The molecule has 1 fully saturated rings. The van der Waals surface area contributed by atoms with E-state index in [0.29, 0.717) is 31.1 Å². The fraction of sp³-hybridized carbons (Fsp3) is 0.286. The van der Waals surface area contributed by atoms with Gasteiger partial charge in [0, 0.05) is 30.5 Å². The average molecular weight is 392 g/mol. The van der Waals surface area contributed by atoms with Crippen LogP contribution >= 0.6 is 0 Å². The SMILES string of the molecule is COc1cccc(Nc2nc(Nc3cccc(C)c3)nc(N3CCOCC3)n2)c1. The molecule has 1 aromatic heterocycles. The van der Waals surface area contributed by atoms with Crippen LogP contribution in [0.4, 0.5) is 29.2 Å². The second kappa shape index (κ2) is 8.74. The molecule has 3 aromatic rings. The van der Waals surface area contributed by atoms with E-state index in [1.165, 1.54) is 0 Å². The van der Waals surface area contributed by atoms with Gasteiger partial charge in [0.2, 0.25) is 17.8 Å². The van der Waals surface area contributed by atoms with Crippen LogP contribution in [0.15, 0.2) is 48.5 Å². The Morgan fingerprint density at radius 1 is 0.897 bits per heavy atom. The van der Waals surface area contributed by atoms with E-state index in [-0.39, 0.29) is 0 Å². The van der Waals surface area contributed by atoms with Gasteiger partial charge in [-0.2, -0.15) is 15.0 Å². The predicted molar refractivity (Wildman–Crippen MR) is 114 cm³/mol. The van der Waals surface area contributed by atoms with Gasteiger partial charge in [0.05, 0.1) is 20.3 Å². The molecule has 0 spiro atoms. The molecule has 150 valence electrons. The molecule has 2 aromatic carbocycles. The molecule has 29 heavy (non-hydrogen) atoms. The number of rotatable bonds is 6. The van der Waals surface area contributed by atoms with Crippen LogP contribution in [0.5, 0.6) is 5.75 Å². The fourth-order valence-corrected chi connectivity index (χ4v) is 3.06. The van der Waals surface area contributed by atoms with E-state index in [0.717, 1.165) is 35.8 Å². The highest BCUT2D eigenvalue weighted by Crippen LogP contribution is 2.23. The van der Waals surface area contributed by atoms with Crippen molar-refractivity contribution in [2.75, 3.05) is 48.9 Å². The van der Waals surface area contributed by atoms with E-state index < -0.39 is 0 Å². The predicted octanol–water partition coefficient (Wildman–Crippen LogP) is 3.51. The van der Waals surface area contributed by atoms with E-state index >= 15 is 0 Å². The number of anilines is 5. The lowest BCUT2D eigenvalue weighted by molar-refractivity contribution is 0.122. The van der Waals surface area contributed by atoms with Crippen LogP contribution in [-0.2, 0) is 4.74 Å². The van der Waals surface area contributed by atoms with Crippen molar-refractivity contribution in [3.63, 3.8) is 0 Å². The largest absolute Gasteiger partial charge is 0.497 e. The van der Waals surface area contributed by atoms with Crippen molar-refractivity contribution in [3.8, 4) is 5.75 Å². The van der Waals surface area contributed by atoms with Crippen LogP contribution < -0.4 is 20.3 Å². The lowest BCUT2D eigenvalue weighted by atomic mass is 10.2. The summed E-state index contributed by atoms with van der Waals surface area (Å²) in [5.41, 5.74) is 2.92. The number of methoxy groups -OCH3 is 1. The van der Waals surface area contributed by atoms with E-state index in [1.54, 1.807) is 7.11 Å². The molecule has 1 aliphatic rings. The summed E-state index contributed by atoms with van der Waals surface area (Å²) < 4.78 is 10.8. The van der Waals surface area contributed by atoms with Gasteiger partial charge in [0.15, 0.2) is 0 Å². The number of benzene rings is 2. The van der Waals surface area contributed by atoms with Crippen molar-refractivity contribution in [2.45, 2.75) is 6.92 Å². The first kappa shape index (κ1) is 18.9. The maximum atomic E-state index is 5.45. The Bertz CT molecular complexity index is 975. The van der Waals surface area contributed by atoms with Crippen LogP contribution in [0.25, 0.3) is 0 Å². The number of nitrogens with zero attached hydrogens (tertiary/aromatic N) is 4. The zero-order chi connectivity index (χ0) is 20.1. The number of nitrogens with one attached hydrogen (secondary N) is 2. The molecule has 0 bridgehead atoms. The quantitative estimate of drug-likeness (QED) is 0.659. The van der Waals surface area contributed by atoms with Crippen LogP contribution in [0.2, 0.25) is 0 Å². The monoisotopic (exact) mass is 392 g/mol. The number of hydrogen-bond acceptors (Lipinski definition) is 8. The van der Waals surface area contributed by atoms with Gasteiger partial charge in [-0.05, 0) is 36.8 Å². The minimum absolute atomic E-state index is 0.463. The average Bonchev–Trinajstić information content (AvgIpc) is 2.74. The molecule has 2 heterocycles. The van der Waals surface area contributed by atoms with Crippen molar-refractivity contribution >= 4 is 29.2 Å². The highest BCUT2D eigenvalue weighted by atomic mass is 16.5. The van der Waals surface area contributed by atoms with Crippen LogP contribution in [0.1, 0.15) is 5.56 Å². The second-order valence-electron chi connectivity index (χ2n) is 6.73. The van der Waals surface area contributed by atoms with Crippen molar-refractivity contribution in [3.05, 3.63) is 54.1 Å². The third-order valence-electron chi connectivity index (χ3n) is 4.52. The van der Waals surface area contributed by atoms with E-state index in [2.05, 4.69) is 30.5 Å². The van der Waals surface area contributed by atoms with Gasteiger partial charge in [-0.3, -0.25) is 0 Å². The molecular weight excluding hydrogens is 368 g/mol. The number of aromatic nitrogens is 3. The highest BCUT2D eigenvalue weighted by Gasteiger charge is 2.17. The highest BCUT2D eigenvalue weighted by molar-refractivity contribution is 5.60. The van der Waals surface area contributed by atoms with Gasteiger partial charge in [0.1, 0.15) is 5.75 Å². The molecule has 0 atom stereocenters. The number of ether oxygens (including phenoxy) is 2. The maximum absolute atomic E-state index is 5.45. The molecule has 2 N–H and O–H groups in total. The van der Waals surface area contributed by atoms with E-state index in [4.69, 9.17) is 9.47 Å². The molecule has 1 saturated heterocycles. The lowest BCUT2D eigenvalue weighted by Crippen LogP contribution is -2.37. The first-order chi connectivity index (χ1) is 14.2. The third-order valence-corrected chi connectivity index (χ3v) is 4.52. The zero-order valence-corrected chi connectivity index (χ0v) is 16.6. The molecule has 0 saturated carbocycles. The Kier molecular flexibility index (Phi) is 5.71. The summed E-state index contributed by atoms with van der Waals surface area (Å²) in [6, 6.07) is 15.7. The molecule has 8 heteroatoms. The van der Waals surface area contributed by atoms with Crippen LogP contribution in [-0.4, -0.2) is 48.4 Å². The van der Waals surface area contributed by atoms with Crippen molar-refractivity contribution in [2.24, 2.45) is 0 Å². The van der Waals surface area contributed by atoms with Crippen LogP contribution in [0.3, 0.4) is 0 Å². The maximum Gasteiger partial charge on any atom is 0.233 e. The smallest absolute Gasteiger partial charge is 0.233 e. The van der Waals surface area contributed by atoms with Gasteiger partial charge in [-0.1, -0.05) is 18.2 Å². The summed E-state index contributed by atoms with van der Waals surface area (Å²) in [4.78, 5) is 15.9. The molecule has 4 rings (SSSR count). The summed E-state index contributed by atoms with van der Waals surface area (Å²) in [5, 5.41) is 6.54. The van der Waals surface area contributed by atoms with Gasteiger partial charge < -0.3 is 25.0 Å². The Labute approximate surface area is 169 Å². The Morgan fingerprint density at radius 2 is 1.55 bits per heavy atom. The summed E-state index contributed by atoms with van der Waals surface area (Å²) in [6.07, 6.45) is 0. The molecule has 0 radical (unpaired) electrons. The first-order valence-corrected chi connectivity index (χ1v) is 9.53. The minimum atomic E-state index is 0.463. The van der Waals surface area contributed by atoms with E-state index in [1.807, 2.05) is 55.5 Å². The normalized spacial score (nSPS) is 13.8. The first-order valence-electron chi connectivity index (χ1n) is 9.53. The minimum Gasteiger partial charge on any atom is -0.497 e. The molecular formula is C21H24N6O2. The standard InChI is InChI=1S/C21H24N6O2/c1-15-5-3-6-16(13-15)22-19-24-20(23-17-7-4-8-18(14-17)28-2)26-21(25-19)27-9-11-29-12-10-27/h3-8,13-14H,9-12H2,1-2H3,(H2,22,23,24,25,26). The Balaban J connectivity index is 1.65. The lowest BCUT2D eigenvalue weighted by Gasteiger charge is -2.27. The molecule has 1 aliphatic heterocycles. The summed E-state index contributed by atoms with van der Waals surface area (Å²) in [6.45, 7) is 4.85. The summed E-state index contributed by atoms with van der Waals surface area (Å²) in [7, 11) is 1.64. The van der Waals surface area contributed by atoms with Gasteiger partial charge in [-0.15, -0.1) is 0 Å². The zero-order valence-electron chi connectivity index (χ0n) is 16.6. The third kappa shape index (κ3) is 4.91. The van der Waals surface area contributed by atoms with Gasteiger partial charge >= 0.3 is 0 Å². The van der Waals surface area contributed by atoms with Gasteiger partial charge in [-0.25, -0.2) is 0 Å². The molecule has 0 unspecified atom stereocenters. The number of morpholine rings is 1. The van der Waals surface area contributed by atoms with Crippen LogP contribution in [0, 0.1) is 6.92 Å². The summed E-state index contributed by atoms with van der Waals surface area (Å²) in [5.74, 6) is 2.32. The number of hydrogen-bond donors (Lipinski definition) is 2. The van der Waals surface area contributed by atoms with E-state index in [9.17, 15) is 0 Å². The van der Waals surface area contributed by atoms with Crippen molar-refractivity contribution in [1.29, 1.82) is 0 Å². The van der Waals surface area contributed by atoms with Gasteiger partial charge in [0.25, 0.3) is 0 Å². The Morgan fingerprint density at radius 3 is 2.21 bits per heavy atom. The van der Waals surface area contributed by atoms with Crippen molar-refractivity contribution in [1.82, 2.24) is 15.0 Å². The molecule has 0 amide bonds. The fourth-order valence-electron chi connectivity index (χ4n) is 3.06. The second-order valence-corrected chi connectivity index (χ2v) is 6.73. The molecule has 0 aliphatic carbocycles. The molecule has 8 nitrogen and oxygen atoms in total. The topological polar surface area (TPSA) is 84.4 Å².